The number of nitrogens with one attached hydrogen (secondary N) is 2. The van der Waals surface area contributed by atoms with Crippen LogP contribution in [0.25, 0.3) is 0 Å². The first-order chi connectivity index (χ1) is 12.4. The van der Waals surface area contributed by atoms with E-state index in [2.05, 4.69) is 22.8 Å². The Balaban J connectivity index is 1.77. The van der Waals surface area contributed by atoms with Gasteiger partial charge in [-0.05, 0) is 36.0 Å². The largest absolute Gasteiger partial charge is 0.362 e. The predicted octanol–water partition coefficient (Wildman–Crippen LogP) is 3.16. The van der Waals surface area contributed by atoms with Crippen LogP contribution in [0.5, 0.6) is 0 Å². The topological polar surface area (TPSA) is 61.4 Å². The molecule has 0 spiro atoms. The second kappa shape index (κ2) is 9.91. The summed E-state index contributed by atoms with van der Waals surface area (Å²) < 4.78 is 25.5. The molecule has 0 aliphatic rings. The van der Waals surface area contributed by atoms with Gasteiger partial charge < -0.3 is 10.6 Å². The van der Waals surface area contributed by atoms with Crippen LogP contribution in [0.3, 0.4) is 0 Å². The van der Waals surface area contributed by atoms with Gasteiger partial charge in [0, 0.05) is 37.8 Å². The maximum absolute atomic E-state index is 12.2. The van der Waals surface area contributed by atoms with Gasteiger partial charge >= 0.3 is 0 Å². The quantitative estimate of drug-likeness (QED) is 0.516. The fraction of sp³-hybridized carbons (Fsp3) is 0.278. The van der Waals surface area contributed by atoms with Gasteiger partial charge in [0.2, 0.25) is 10.0 Å². The third-order valence-electron chi connectivity index (χ3n) is 3.51. The van der Waals surface area contributed by atoms with E-state index in [0.29, 0.717) is 10.8 Å². The minimum absolute atomic E-state index is 0.230. The molecule has 0 heterocycles. The number of rotatable bonds is 8. The monoisotopic (exact) mass is 409 g/mol. The van der Waals surface area contributed by atoms with Crippen LogP contribution in [0.1, 0.15) is 5.56 Å². The number of hydrogen-bond donors (Lipinski definition) is 2. The number of nitrogens with zero attached hydrogens (tertiary/aromatic N) is 1. The van der Waals surface area contributed by atoms with E-state index in [-0.39, 0.29) is 4.90 Å². The number of thioether (sulfide) groups is 1. The molecule has 0 aromatic heterocycles. The zero-order valence-electron chi connectivity index (χ0n) is 14.8. The molecule has 2 aromatic carbocycles. The molecule has 0 saturated heterocycles. The van der Waals surface area contributed by atoms with Crippen molar-refractivity contribution in [3.8, 4) is 0 Å². The Hall–Kier alpha value is -1.61. The van der Waals surface area contributed by atoms with Gasteiger partial charge in [0.1, 0.15) is 0 Å². The van der Waals surface area contributed by atoms with Crippen molar-refractivity contribution in [1.82, 2.24) is 9.62 Å². The second-order valence-corrected chi connectivity index (χ2v) is 9.40. The summed E-state index contributed by atoms with van der Waals surface area (Å²) in [5.74, 6) is 1.89. The summed E-state index contributed by atoms with van der Waals surface area (Å²) in [4.78, 5) is 0.230. The molecule has 2 rings (SSSR count). The lowest BCUT2D eigenvalue weighted by Gasteiger charge is -2.14. The van der Waals surface area contributed by atoms with E-state index in [1.807, 2.05) is 30.0 Å². The number of hydrogen-bond acceptors (Lipinski definition) is 4. The van der Waals surface area contributed by atoms with Crippen LogP contribution in [0.2, 0.25) is 0 Å². The molecule has 0 fully saturated rings. The average Bonchev–Trinajstić information content (AvgIpc) is 2.62. The zero-order chi connectivity index (χ0) is 19.0. The van der Waals surface area contributed by atoms with Crippen LogP contribution in [0.4, 0.5) is 5.69 Å². The summed E-state index contributed by atoms with van der Waals surface area (Å²) in [6, 6.07) is 16.9. The van der Waals surface area contributed by atoms with Gasteiger partial charge in [-0.2, -0.15) is 11.8 Å². The summed E-state index contributed by atoms with van der Waals surface area (Å²) in [7, 11) is -0.442. The minimum Gasteiger partial charge on any atom is -0.362 e. The van der Waals surface area contributed by atoms with Gasteiger partial charge in [-0.1, -0.05) is 36.4 Å². The third kappa shape index (κ3) is 6.28. The first kappa shape index (κ1) is 20.7. The highest BCUT2D eigenvalue weighted by Gasteiger charge is 2.17. The van der Waals surface area contributed by atoms with Gasteiger partial charge in [-0.25, -0.2) is 12.7 Å². The van der Waals surface area contributed by atoms with Crippen molar-refractivity contribution in [2.24, 2.45) is 0 Å². The fourth-order valence-electron chi connectivity index (χ4n) is 2.12. The Morgan fingerprint density at radius 3 is 2.54 bits per heavy atom. The smallest absolute Gasteiger partial charge is 0.242 e. The Bertz CT molecular complexity index is 825. The Labute approximate surface area is 165 Å². The molecule has 2 aromatic rings. The van der Waals surface area contributed by atoms with E-state index in [1.165, 1.54) is 24.0 Å². The molecule has 2 N–H and O–H groups in total. The molecule has 0 amide bonds. The molecular weight excluding hydrogens is 386 g/mol. The molecule has 0 aliphatic carbocycles. The third-order valence-corrected chi connectivity index (χ3v) is 6.60. The molecule has 0 bridgehead atoms. The molecule has 0 atom stereocenters. The lowest BCUT2D eigenvalue weighted by Crippen LogP contribution is -2.30. The lowest BCUT2D eigenvalue weighted by atomic mass is 10.2. The maximum atomic E-state index is 12.2. The molecule has 0 unspecified atom stereocenters. The minimum atomic E-state index is -3.46. The normalized spacial score (nSPS) is 11.3. The highest BCUT2D eigenvalue weighted by molar-refractivity contribution is 7.98. The summed E-state index contributed by atoms with van der Waals surface area (Å²) in [5, 5.41) is 6.64. The number of anilines is 1. The Morgan fingerprint density at radius 2 is 1.85 bits per heavy atom. The van der Waals surface area contributed by atoms with Crippen molar-refractivity contribution in [2.75, 3.05) is 31.7 Å². The van der Waals surface area contributed by atoms with Gasteiger partial charge in [0.15, 0.2) is 5.11 Å². The van der Waals surface area contributed by atoms with Gasteiger partial charge in [0.05, 0.1) is 4.90 Å². The van der Waals surface area contributed by atoms with E-state index >= 15 is 0 Å². The molecule has 8 heteroatoms. The standard InChI is InChI=1S/C18H23N3O2S3/c1-21(2)26(22,23)17-10-6-9-16(13-17)20-18(24)19-11-12-25-14-15-7-4-3-5-8-15/h3-10,13H,11-12,14H2,1-2H3,(H2,19,20,24). The number of thiocarbonyl (C=S) groups is 1. The fourth-order valence-corrected chi connectivity index (χ4v) is 4.11. The van der Waals surface area contributed by atoms with Crippen LogP contribution < -0.4 is 10.6 Å². The van der Waals surface area contributed by atoms with Crippen LogP contribution in [0.15, 0.2) is 59.5 Å². The number of sulfonamides is 1. The Morgan fingerprint density at radius 1 is 1.12 bits per heavy atom. The van der Waals surface area contributed by atoms with Crippen LogP contribution >= 0.6 is 24.0 Å². The van der Waals surface area contributed by atoms with Gasteiger partial charge in [-0.3, -0.25) is 0 Å². The number of benzene rings is 2. The van der Waals surface area contributed by atoms with Gasteiger partial charge in [0.25, 0.3) is 0 Å². The first-order valence-corrected chi connectivity index (χ1v) is 11.1. The van der Waals surface area contributed by atoms with Crippen molar-refractivity contribution in [3.05, 3.63) is 60.2 Å². The van der Waals surface area contributed by atoms with Gasteiger partial charge in [-0.15, -0.1) is 0 Å². The molecule has 0 radical (unpaired) electrons. The average molecular weight is 410 g/mol. The van der Waals surface area contributed by atoms with Crippen molar-refractivity contribution in [3.63, 3.8) is 0 Å². The SMILES string of the molecule is CN(C)S(=O)(=O)c1cccc(NC(=S)NCCSCc2ccccc2)c1. The van der Waals surface area contributed by atoms with Crippen molar-refractivity contribution >= 4 is 44.8 Å². The highest BCUT2D eigenvalue weighted by Crippen LogP contribution is 2.18. The molecule has 0 aliphatic heterocycles. The molecule has 5 nitrogen and oxygen atoms in total. The molecular formula is C18H23N3O2S3. The molecule has 26 heavy (non-hydrogen) atoms. The summed E-state index contributed by atoms with van der Waals surface area (Å²) in [5.41, 5.74) is 1.94. The second-order valence-electron chi connectivity index (χ2n) is 5.73. The van der Waals surface area contributed by atoms with E-state index < -0.39 is 10.0 Å². The van der Waals surface area contributed by atoms with Crippen molar-refractivity contribution in [1.29, 1.82) is 0 Å². The van der Waals surface area contributed by atoms with Crippen molar-refractivity contribution < 1.29 is 8.42 Å². The van der Waals surface area contributed by atoms with Crippen LogP contribution in [-0.4, -0.2) is 44.2 Å². The van der Waals surface area contributed by atoms with Crippen LogP contribution in [-0.2, 0) is 15.8 Å². The van der Waals surface area contributed by atoms with E-state index in [4.69, 9.17) is 12.2 Å². The van der Waals surface area contributed by atoms with E-state index in [9.17, 15) is 8.42 Å². The zero-order valence-corrected chi connectivity index (χ0v) is 17.3. The van der Waals surface area contributed by atoms with Crippen LogP contribution in [0, 0.1) is 0 Å². The highest BCUT2D eigenvalue weighted by atomic mass is 32.2. The van der Waals surface area contributed by atoms with E-state index in [1.54, 1.807) is 24.3 Å². The molecule has 0 saturated carbocycles. The van der Waals surface area contributed by atoms with E-state index in [0.717, 1.165) is 18.1 Å². The maximum Gasteiger partial charge on any atom is 0.242 e. The predicted molar refractivity (Wildman–Crippen MR) is 114 cm³/mol. The Kier molecular flexibility index (Phi) is 7.89. The molecule has 140 valence electrons. The van der Waals surface area contributed by atoms with Crippen molar-refractivity contribution in [2.45, 2.75) is 10.6 Å². The summed E-state index contributed by atoms with van der Waals surface area (Å²) >= 11 is 7.10. The summed E-state index contributed by atoms with van der Waals surface area (Å²) in [6.45, 7) is 0.735. The first-order valence-electron chi connectivity index (χ1n) is 8.09. The summed E-state index contributed by atoms with van der Waals surface area (Å²) in [6.07, 6.45) is 0. The lowest BCUT2D eigenvalue weighted by molar-refractivity contribution is 0.521.